The minimum absolute atomic E-state index is 0. The molecule has 2 rings (SSSR count). The van der Waals surface area contributed by atoms with E-state index in [1.807, 2.05) is 30.3 Å². The lowest BCUT2D eigenvalue weighted by molar-refractivity contribution is -0.128. The Labute approximate surface area is 136 Å². The van der Waals surface area contributed by atoms with Crippen molar-refractivity contribution in [2.24, 2.45) is 11.5 Å². The number of carbonyl (C=O) groups excluding carboxylic acids is 2. The molecule has 0 bridgehead atoms. The smallest absolute Gasteiger partial charge is 0.246 e. The molecule has 1 saturated heterocycles. The molecular formula is C15H22ClN3O3. The molecule has 1 aliphatic heterocycles. The normalized spacial score (nSPS) is 21.7. The van der Waals surface area contributed by atoms with Crippen LogP contribution in [0.1, 0.15) is 18.4 Å². The van der Waals surface area contributed by atoms with E-state index >= 15 is 0 Å². The van der Waals surface area contributed by atoms with Crippen LogP contribution in [0.25, 0.3) is 0 Å². The fourth-order valence-electron chi connectivity index (χ4n) is 2.37. The predicted octanol–water partition coefficient (Wildman–Crippen LogP) is 0.127. The van der Waals surface area contributed by atoms with E-state index in [1.165, 1.54) is 0 Å². The summed E-state index contributed by atoms with van der Waals surface area (Å²) in [6.45, 7) is 0.352. The van der Waals surface area contributed by atoms with Crippen molar-refractivity contribution in [3.05, 3.63) is 35.9 Å². The fraction of sp³-hybridized carbons (Fsp3) is 0.467. The van der Waals surface area contributed by atoms with Gasteiger partial charge >= 0.3 is 0 Å². The molecule has 0 saturated carbocycles. The van der Waals surface area contributed by atoms with Crippen LogP contribution in [0, 0.1) is 0 Å². The Morgan fingerprint density at radius 1 is 1.27 bits per heavy atom. The third-order valence-corrected chi connectivity index (χ3v) is 3.56. The molecule has 1 heterocycles. The molecule has 122 valence electrons. The largest absolute Gasteiger partial charge is 0.367 e. The zero-order chi connectivity index (χ0) is 15.2. The van der Waals surface area contributed by atoms with Crippen molar-refractivity contribution in [3.8, 4) is 0 Å². The van der Waals surface area contributed by atoms with Crippen LogP contribution in [0.5, 0.6) is 0 Å². The number of hydrogen-bond donors (Lipinski definition) is 3. The Morgan fingerprint density at radius 2 is 1.95 bits per heavy atom. The molecule has 3 atom stereocenters. The van der Waals surface area contributed by atoms with E-state index in [0.29, 0.717) is 25.8 Å². The van der Waals surface area contributed by atoms with Gasteiger partial charge < -0.3 is 21.5 Å². The van der Waals surface area contributed by atoms with Gasteiger partial charge in [-0.1, -0.05) is 30.3 Å². The Morgan fingerprint density at radius 3 is 2.55 bits per heavy atom. The number of amides is 2. The number of benzene rings is 1. The number of rotatable bonds is 6. The Hall–Kier alpha value is -1.63. The second-order valence-electron chi connectivity index (χ2n) is 5.27. The summed E-state index contributed by atoms with van der Waals surface area (Å²) in [6, 6.07) is 9.02. The molecule has 1 fully saturated rings. The second kappa shape index (κ2) is 8.73. The highest BCUT2D eigenvalue weighted by molar-refractivity contribution is 5.85. The minimum atomic E-state index is -0.597. The maximum atomic E-state index is 11.9. The van der Waals surface area contributed by atoms with Gasteiger partial charge in [0.1, 0.15) is 6.10 Å². The van der Waals surface area contributed by atoms with E-state index in [0.717, 1.165) is 5.56 Å². The molecular weight excluding hydrogens is 306 g/mol. The molecule has 7 heteroatoms. The summed E-state index contributed by atoms with van der Waals surface area (Å²) in [7, 11) is 0. The van der Waals surface area contributed by atoms with Crippen LogP contribution in [0.4, 0.5) is 0 Å². The van der Waals surface area contributed by atoms with Gasteiger partial charge in [-0.15, -0.1) is 12.4 Å². The van der Waals surface area contributed by atoms with Crippen molar-refractivity contribution in [2.45, 2.75) is 37.5 Å². The lowest BCUT2D eigenvalue weighted by Gasteiger charge is -2.15. The molecule has 5 N–H and O–H groups in total. The van der Waals surface area contributed by atoms with Gasteiger partial charge in [-0.05, 0) is 24.8 Å². The van der Waals surface area contributed by atoms with Crippen molar-refractivity contribution >= 4 is 24.2 Å². The van der Waals surface area contributed by atoms with Crippen molar-refractivity contribution in [2.75, 3.05) is 6.54 Å². The SMILES string of the molecule is Cl.NC(=O)C1CCC(CNC(=O)[C@@H](N)Cc2ccccc2)O1. The number of nitrogens with two attached hydrogens (primary N) is 2. The molecule has 0 aliphatic carbocycles. The molecule has 22 heavy (non-hydrogen) atoms. The first-order chi connectivity index (χ1) is 10.1. The second-order valence-corrected chi connectivity index (χ2v) is 5.27. The van der Waals surface area contributed by atoms with Gasteiger partial charge in [-0.25, -0.2) is 0 Å². The molecule has 2 unspecified atom stereocenters. The molecule has 1 aromatic rings. The number of primary amides is 1. The lowest BCUT2D eigenvalue weighted by Crippen LogP contribution is -2.44. The molecule has 1 aromatic carbocycles. The zero-order valence-corrected chi connectivity index (χ0v) is 13.1. The number of ether oxygens (including phenoxy) is 1. The number of carbonyl (C=O) groups is 2. The third-order valence-electron chi connectivity index (χ3n) is 3.56. The van der Waals surface area contributed by atoms with E-state index in [4.69, 9.17) is 16.2 Å². The number of halogens is 1. The first-order valence-electron chi connectivity index (χ1n) is 7.08. The van der Waals surface area contributed by atoms with Crippen LogP contribution >= 0.6 is 12.4 Å². The first-order valence-corrected chi connectivity index (χ1v) is 7.08. The first kappa shape index (κ1) is 18.4. The topological polar surface area (TPSA) is 107 Å². The predicted molar refractivity (Wildman–Crippen MR) is 85.5 cm³/mol. The average Bonchev–Trinajstić information content (AvgIpc) is 2.95. The summed E-state index contributed by atoms with van der Waals surface area (Å²) >= 11 is 0. The highest BCUT2D eigenvalue weighted by Crippen LogP contribution is 2.18. The minimum Gasteiger partial charge on any atom is -0.367 e. The Bertz CT molecular complexity index is 498. The van der Waals surface area contributed by atoms with Crippen molar-refractivity contribution < 1.29 is 14.3 Å². The molecule has 1 aliphatic rings. The summed E-state index contributed by atoms with van der Waals surface area (Å²) in [4.78, 5) is 22.9. The summed E-state index contributed by atoms with van der Waals surface area (Å²) in [5, 5.41) is 2.76. The maximum Gasteiger partial charge on any atom is 0.246 e. The monoisotopic (exact) mass is 327 g/mol. The highest BCUT2D eigenvalue weighted by atomic mass is 35.5. The lowest BCUT2D eigenvalue weighted by atomic mass is 10.1. The molecule has 6 nitrogen and oxygen atoms in total. The quantitative estimate of drug-likeness (QED) is 0.690. The molecule has 0 aromatic heterocycles. The molecule has 0 radical (unpaired) electrons. The van der Waals surface area contributed by atoms with Crippen LogP contribution in [0.3, 0.4) is 0 Å². The molecule has 0 spiro atoms. The van der Waals surface area contributed by atoms with Gasteiger partial charge in [0.05, 0.1) is 12.1 Å². The van der Waals surface area contributed by atoms with Crippen LogP contribution in [0.2, 0.25) is 0 Å². The van der Waals surface area contributed by atoms with Crippen LogP contribution in [-0.4, -0.2) is 36.6 Å². The average molecular weight is 328 g/mol. The van der Waals surface area contributed by atoms with E-state index in [1.54, 1.807) is 0 Å². The van der Waals surface area contributed by atoms with Crippen LogP contribution < -0.4 is 16.8 Å². The van der Waals surface area contributed by atoms with Gasteiger partial charge in [0.25, 0.3) is 0 Å². The number of hydrogen-bond acceptors (Lipinski definition) is 4. The van der Waals surface area contributed by atoms with Gasteiger partial charge in [0.2, 0.25) is 11.8 Å². The van der Waals surface area contributed by atoms with Gasteiger partial charge in [0, 0.05) is 6.54 Å². The van der Waals surface area contributed by atoms with Gasteiger partial charge in [-0.3, -0.25) is 9.59 Å². The van der Waals surface area contributed by atoms with E-state index < -0.39 is 18.1 Å². The molecule has 2 amide bonds. The fourth-order valence-corrected chi connectivity index (χ4v) is 2.37. The summed E-state index contributed by atoms with van der Waals surface area (Å²) < 4.78 is 5.44. The van der Waals surface area contributed by atoms with Crippen molar-refractivity contribution in [3.63, 3.8) is 0 Å². The van der Waals surface area contributed by atoms with Crippen LogP contribution in [-0.2, 0) is 20.7 Å². The highest BCUT2D eigenvalue weighted by Gasteiger charge is 2.29. The van der Waals surface area contributed by atoms with Crippen molar-refractivity contribution in [1.82, 2.24) is 5.32 Å². The number of nitrogens with one attached hydrogen (secondary N) is 1. The Kier molecular flexibility index (Phi) is 7.31. The van der Waals surface area contributed by atoms with Crippen molar-refractivity contribution in [1.29, 1.82) is 0 Å². The summed E-state index contributed by atoms with van der Waals surface area (Å²) in [5.41, 5.74) is 12.1. The van der Waals surface area contributed by atoms with E-state index in [9.17, 15) is 9.59 Å². The standard InChI is InChI=1S/C15H21N3O3.ClH/c16-12(8-10-4-2-1-3-5-10)15(20)18-9-11-6-7-13(21-11)14(17)19;/h1-5,11-13H,6-9,16H2,(H2,17,19)(H,18,20);1H/t11?,12-,13?;/m0./s1. The van der Waals surface area contributed by atoms with Crippen LogP contribution in [0.15, 0.2) is 30.3 Å². The third kappa shape index (κ3) is 5.29. The summed E-state index contributed by atoms with van der Waals surface area (Å²) in [6.07, 6.45) is 1.09. The zero-order valence-electron chi connectivity index (χ0n) is 12.2. The summed E-state index contributed by atoms with van der Waals surface area (Å²) in [5.74, 6) is -0.672. The Balaban J connectivity index is 0.00000242. The van der Waals surface area contributed by atoms with Gasteiger partial charge in [0.15, 0.2) is 0 Å². The van der Waals surface area contributed by atoms with E-state index in [-0.39, 0.29) is 24.4 Å². The van der Waals surface area contributed by atoms with Gasteiger partial charge in [-0.2, -0.15) is 0 Å². The maximum absolute atomic E-state index is 11.9. The van der Waals surface area contributed by atoms with E-state index in [2.05, 4.69) is 5.32 Å².